The van der Waals surface area contributed by atoms with E-state index in [2.05, 4.69) is 16.9 Å². The van der Waals surface area contributed by atoms with E-state index in [4.69, 9.17) is 9.47 Å². The van der Waals surface area contributed by atoms with Gasteiger partial charge in [-0.3, -0.25) is 4.98 Å². The third kappa shape index (κ3) is 4.37. The molecule has 25 heavy (non-hydrogen) atoms. The van der Waals surface area contributed by atoms with Gasteiger partial charge in [0.25, 0.3) is 0 Å². The fourth-order valence-corrected chi connectivity index (χ4v) is 2.71. The molecule has 2 heterocycles. The minimum absolute atomic E-state index is 0. The first-order valence-electron chi connectivity index (χ1n) is 7.90. The molecule has 0 fully saturated rings. The number of aromatic amines is 1. The third-order valence-electron chi connectivity index (χ3n) is 4.27. The molecule has 0 saturated heterocycles. The molecule has 0 amide bonds. The first kappa shape index (κ1) is 19.4. The molecule has 0 bridgehead atoms. The van der Waals surface area contributed by atoms with Crippen molar-refractivity contribution in [2.45, 2.75) is 33.2 Å². The van der Waals surface area contributed by atoms with Crippen molar-refractivity contribution in [3.05, 3.63) is 64.7 Å². The van der Waals surface area contributed by atoms with Crippen molar-refractivity contribution in [1.82, 2.24) is 9.97 Å². The molecule has 0 aliphatic rings. The topological polar surface area (TPSA) is 47.1 Å². The summed E-state index contributed by atoms with van der Waals surface area (Å²) in [5.41, 5.74) is 6.30. The number of halogens is 2. The van der Waals surface area contributed by atoms with Gasteiger partial charge < -0.3 is 14.5 Å². The van der Waals surface area contributed by atoms with E-state index >= 15 is 0 Å². The van der Waals surface area contributed by atoms with Crippen molar-refractivity contribution in [3.8, 4) is 0 Å². The average Bonchev–Trinajstić information content (AvgIpc) is 2.89. The highest BCUT2D eigenvalue weighted by molar-refractivity contribution is 5.85. The highest BCUT2D eigenvalue weighted by Gasteiger charge is 2.15. The number of pyridine rings is 1. The van der Waals surface area contributed by atoms with Crippen LogP contribution in [0.3, 0.4) is 0 Å². The van der Waals surface area contributed by atoms with E-state index in [0.29, 0.717) is 13.0 Å². The van der Waals surface area contributed by atoms with Gasteiger partial charge >= 0.3 is 0 Å². The molecule has 1 aromatic carbocycles. The second-order valence-corrected chi connectivity index (χ2v) is 5.88. The second-order valence-electron chi connectivity index (χ2n) is 5.88. The maximum Gasteiger partial charge on any atom is 0.161 e. The highest BCUT2D eigenvalue weighted by atomic mass is 35.5. The monoisotopic (exact) mass is 364 g/mol. The fourth-order valence-electron chi connectivity index (χ4n) is 2.71. The van der Waals surface area contributed by atoms with Gasteiger partial charge in [-0.15, -0.1) is 12.4 Å². The van der Waals surface area contributed by atoms with Gasteiger partial charge in [0.1, 0.15) is 5.82 Å². The summed E-state index contributed by atoms with van der Waals surface area (Å²) in [6, 6.07) is 8.26. The third-order valence-corrected chi connectivity index (χ3v) is 4.27. The van der Waals surface area contributed by atoms with E-state index in [-0.39, 0.29) is 24.5 Å². The van der Waals surface area contributed by atoms with Crippen LogP contribution in [0.2, 0.25) is 0 Å². The standard InChI is InChI=1S/C19H21FN2O2.ClH/c1-12-13(2)22-19-15(8-9-21-18(12)19)10-17(23-3)24-11-14-4-6-16(20)7-5-14;/h4-9,17,22H,10-11H2,1-3H3;1H. The summed E-state index contributed by atoms with van der Waals surface area (Å²) in [4.78, 5) is 7.84. The molecule has 1 unspecified atom stereocenters. The Morgan fingerprint density at radius 2 is 1.88 bits per heavy atom. The summed E-state index contributed by atoms with van der Waals surface area (Å²) in [6.45, 7) is 4.47. The predicted molar refractivity (Wildman–Crippen MR) is 98.5 cm³/mol. The number of aromatic nitrogens is 2. The number of ether oxygens (including phenoxy) is 2. The van der Waals surface area contributed by atoms with Crippen molar-refractivity contribution in [1.29, 1.82) is 0 Å². The summed E-state index contributed by atoms with van der Waals surface area (Å²) in [7, 11) is 1.62. The molecule has 1 atom stereocenters. The molecule has 0 aliphatic carbocycles. The zero-order valence-corrected chi connectivity index (χ0v) is 15.3. The number of hydrogen-bond donors (Lipinski definition) is 1. The number of methoxy groups -OCH3 is 1. The summed E-state index contributed by atoms with van der Waals surface area (Å²) < 4.78 is 24.2. The van der Waals surface area contributed by atoms with Gasteiger partial charge in [-0.25, -0.2) is 4.39 Å². The van der Waals surface area contributed by atoms with Gasteiger partial charge in [-0.1, -0.05) is 12.1 Å². The molecular formula is C19H22ClFN2O2. The van der Waals surface area contributed by atoms with Gasteiger partial charge in [-0.05, 0) is 48.7 Å². The Balaban J connectivity index is 0.00000225. The average molecular weight is 365 g/mol. The minimum atomic E-state index is -0.385. The lowest BCUT2D eigenvalue weighted by atomic mass is 10.1. The van der Waals surface area contributed by atoms with Gasteiger partial charge in [-0.2, -0.15) is 0 Å². The van der Waals surface area contributed by atoms with Crippen molar-refractivity contribution in [3.63, 3.8) is 0 Å². The maximum atomic E-state index is 12.9. The zero-order valence-electron chi connectivity index (χ0n) is 14.5. The number of fused-ring (bicyclic) bond motifs is 1. The van der Waals surface area contributed by atoms with Crippen LogP contribution in [0.4, 0.5) is 4.39 Å². The first-order chi connectivity index (χ1) is 11.6. The molecule has 134 valence electrons. The molecule has 3 aromatic rings. The van der Waals surface area contributed by atoms with Crippen LogP contribution < -0.4 is 0 Å². The van der Waals surface area contributed by atoms with E-state index in [1.807, 2.05) is 19.2 Å². The van der Waals surface area contributed by atoms with Crippen molar-refractivity contribution in [2.24, 2.45) is 0 Å². The van der Waals surface area contributed by atoms with Crippen LogP contribution in [0, 0.1) is 19.7 Å². The van der Waals surface area contributed by atoms with Crippen molar-refractivity contribution < 1.29 is 13.9 Å². The Hall–Kier alpha value is -1.95. The van der Waals surface area contributed by atoms with Crippen LogP contribution >= 0.6 is 12.4 Å². The van der Waals surface area contributed by atoms with Gasteiger partial charge in [0.05, 0.1) is 17.6 Å². The number of hydrogen-bond acceptors (Lipinski definition) is 3. The van der Waals surface area contributed by atoms with Crippen LogP contribution in [0.1, 0.15) is 22.4 Å². The van der Waals surface area contributed by atoms with E-state index in [0.717, 1.165) is 33.4 Å². The van der Waals surface area contributed by atoms with E-state index in [9.17, 15) is 4.39 Å². The Labute approximate surface area is 152 Å². The Morgan fingerprint density at radius 1 is 1.16 bits per heavy atom. The van der Waals surface area contributed by atoms with Crippen LogP contribution in [0.15, 0.2) is 36.5 Å². The highest BCUT2D eigenvalue weighted by Crippen LogP contribution is 2.23. The number of aryl methyl sites for hydroxylation is 2. The van der Waals surface area contributed by atoms with Crippen LogP contribution in [-0.2, 0) is 22.5 Å². The largest absolute Gasteiger partial charge is 0.357 e. The van der Waals surface area contributed by atoms with Crippen LogP contribution in [-0.4, -0.2) is 23.4 Å². The Bertz CT molecular complexity index is 833. The smallest absolute Gasteiger partial charge is 0.161 e. The molecule has 0 radical (unpaired) electrons. The summed E-state index contributed by atoms with van der Waals surface area (Å²) in [5.74, 6) is -0.251. The first-order valence-corrected chi connectivity index (χ1v) is 7.90. The predicted octanol–water partition coefficient (Wildman–Crippen LogP) is 4.47. The van der Waals surface area contributed by atoms with E-state index in [1.54, 1.807) is 19.2 Å². The lowest BCUT2D eigenvalue weighted by Crippen LogP contribution is -2.18. The Kier molecular flexibility index (Phi) is 6.53. The molecule has 2 aromatic heterocycles. The van der Waals surface area contributed by atoms with Crippen LogP contribution in [0.5, 0.6) is 0 Å². The fraction of sp³-hybridized carbons (Fsp3) is 0.316. The van der Waals surface area contributed by atoms with E-state index in [1.165, 1.54) is 12.1 Å². The minimum Gasteiger partial charge on any atom is -0.357 e. The maximum absolute atomic E-state index is 12.9. The molecular weight excluding hydrogens is 343 g/mol. The molecule has 0 spiro atoms. The number of rotatable bonds is 6. The van der Waals surface area contributed by atoms with Crippen molar-refractivity contribution >= 4 is 23.4 Å². The Morgan fingerprint density at radius 3 is 2.56 bits per heavy atom. The normalized spacial score (nSPS) is 12.2. The lowest BCUT2D eigenvalue weighted by molar-refractivity contribution is -0.130. The van der Waals surface area contributed by atoms with Gasteiger partial charge in [0.2, 0.25) is 0 Å². The van der Waals surface area contributed by atoms with Gasteiger partial charge in [0.15, 0.2) is 6.29 Å². The number of nitrogens with zero attached hydrogens (tertiary/aromatic N) is 1. The number of nitrogens with one attached hydrogen (secondary N) is 1. The molecule has 3 rings (SSSR count). The number of H-pyrrole nitrogens is 1. The molecule has 6 heteroatoms. The molecule has 0 saturated carbocycles. The number of benzene rings is 1. The SMILES string of the molecule is COC(Cc1ccnc2c(C)c(C)[nH]c12)OCc1ccc(F)cc1.Cl. The quantitative estimate of drug-likeness (QED) is 0.656. The van der Waals surface area contributed by atoms with E-state index < -0.39 is 0 Å². The summed E-state index contributed by atoms with van der Waals surface area (Å²) in [5, 5.41) is 0. The van der Waals surface area contributed by atoms with Crippen LogP contribution in [0.25, 0.3) is 11.0 Å². The molecule has 1 N–H and O–H groups in total. The molecule has 0 aliphatic heterocycles. The lowest BCUT2D eigenvalue weighted by Gasteiger charge is -2.17. The van der Waals surface area contributed by atoms with Crippen molar-refractivity contribution in [2.75, 3.05) is 7.11 Å². The van der Waals surface area contributed by atoms with Gasteiger partial charge in [0, 0.05) is 25.4 Å². The summed E-state index contributed by atoms with van der Waals surface area (Å²) in [6.07, 6.45) is 2.03. The second kappa shape index (κ2) is 8.43. The summed E-state index contributed by atoms with van der Waals surface area (Å²) >= 11 is 0. The zero-order chi connectivity index (χ0) is 17.1. The molecule has 4 nitrogen and oxygen atoms in total.